The fraction of sp³-hybridized carbons (Fsp3) is 0.0476. The lowest BCUT2D eigenvalue weighted by Crippen LogP contribution is -1.96. The minimum absolute atomic E-state index is 0.226. The van der Waals surface area contributed by atoms with Crippen molar-refractivity contribution in [1.82, 2.24) is 0 Å². The molecule has 0 aliphatic heterocycles. The summed E-state index contributed by atoms with van der Waals surface area (Å²) in [4.78, 5) is 0.226. The van der Waals surface area contributed by atoms with E-state index in [1.807, 2.05) is 36.4 Å². The molecule has 0 aromatic heterocycles. The zero-order chi connectivity index (χ0) is 18.7. The zero-order valence-corrected chi connectivity index (χ0v) is 14.8. The highest BCUT2D eigenvalue weighted by atomic mass is 32.2. The fourth-order valence-corrected chi connectivity index (χ4v) is 3.22. The van der Waals surface area contributed by atoms with Crippen molar-refractivity contribution in [3.05, 3.63) is 101 Å². The van der Waals surface area contributed by atoms with Crippen LogP contribution in [0.25, 0.3) is 11.6 Å². The highest BCUT2D eigenvalue weighted by molar-refractivity contribution is 7.90. The Morgan fingerprint density at radius 3 is 2.04 bits per heavy atom. The summed E-state index contributed by atoms with van der Waals surface area (Å²) in [5.41, 5.74) is 2.82. The van der Waals surface area contributed by atoms with Gasteiger partial charge in [0.1, 0.15) is 0 Å². The Labute approximate surface area is 151 Å². The molecule has 2 nitrogen and oxygen atoms in total. The summed E-state index contributed by atoms with van der Waals surface area (Å²) >= 11 is 0. The van der Waals surface area contributed by atoms with Crippen molar-refractivity contribution in [1.29, 1.82) is 0 Å². The Morgan fingerprint density at radius 1 is 0.808 bits per heavy atom. The van der Waals surface area contributed by atoms with Crippen LogP contribution in [0.4, 0.5) is 8.78 Å². The molecule has 0 unspecified atom stereocenters. The molecule has 0 bridgehead atoms. The third-order valence-corrected chi connectivity index (χ3v) is 5.06. The second-order valence-electron chi connectivity index (χ2n) is 5.89. The van der Waals surface area contributed by atoms with Gasteiger partial charge in [0.15, 0.2) is 21.5 Å². The van der Waals surface area contributed by atoms with E-state index in [2.05, 4.69) is 0 Å². The first-order chi connectivity index (χ1) is 12.3. The topological polar surface area (TPSA) is 34.1 Å². The summed E-state index contributed by atoms with van der Waals surface area (Å²) in [6.45, 7) is 0. The molecule has 0 fully saturated rings. The van der Waals surface area contributed by atoms with Gasteiger partial charge < -0.3 is 0 Å². The van der Waals surface area contributed by atoms with Gasteiger partial charge in [-0.3, -0.25) is 0 Å². The summed E-state index contributed by atoms with van der Waals surface area (Å²) in [7, 11) is -3.27. The van der Waals surface area contributed by atoms with Crippen molar-refractivity contribution in [2.75, 3.05) is 6.26 Å². The summed E-state index contributed by atoms with van der Waals surface area (Å²) in [6, 6.07) is 19.5. The number of hydrogen-bond donors (Lipinski definition) is 0. The molecule has 132 valence electrons. The predicted octanol–water partition coefficient (Wildman–Crippen LogP) is 4.96. The molecule has 0 aliphatic carbocycles. The van der Waals surface area contributed by atoms with Crippen LogP contribution in [-0.2, 0) is 9.84 Å². The standard InChI is InChI=1S/C21H16F2O2S/c1-26(24,25)18-10-7-15(8-11-18)13-19(16-5-3-2-4-6-16)17-9-12-20(22)21(23)14-17/h2-14H,1H3/b19-13+. The number of sulfone groups is 1. The highest BCUT2D eigenvalue weighted by Gasteiger charge is 2.10. The van der Waals surface area contributed by atoms with Gasteiger partial charge >= 0.3 is 0 Å². The van der Waals surface area contributed by atoms with Crippen molar-refractivity contribution in [3.8, 4) is 0 Å². The van der Waals surface area contributed by atoms with Gasteiger partial charge in [0.05, 0.1) is 4.90 Å². The molecule has 0 radical (unpaired) electrons. The zero-order valence-electron chi connectivity index (χ0n) is 14.0. The van der Waals surface area contributed by atoms with Crippen LogP contribution in [0, 0.1) is 11.6 Å². The Hall–Kier alpha value is -2.79. The average Bonchev–Trinajstić information content (AvgIpc) is 2.62. The van der Waals surface area contributed by atoms with Crippen LogP contribution in [0.2, 0.25) is 0 Å². The number of benzene rings is 3. The van der Waals surface area contributed by atoms with E-state index in [4.69, 9.17) is 0 Å². The normalized spacial score (nSPS) is 12.2. The van der Waals surface area contributed by atoms with E-state index in [-0.39, 0.29) is 4.90 Å². The third kappa shape index (κ3) is 4.06. The Kier molecular flexibility index (Phi) is 5.00. The summed E-state index contributed by atoms with van der Waals surface area (Å²) < 4.78 is 50.2. The quantitative estimate of drug-likeness (QED) is 0.609. The molecule has 3 rings (SSSR count). The monoisotopic (exact) mass is 370 g/mol. The lowest BCUT2D eigenvalue weighted by molar-refractivity contribution is 0.508. The molecule has 0 saturated heterocycles. The number of halogens is 2. The minimum atomic E-state index is -3.27. The summed E-state index contributed by atoms with van der Waals surface area (Å²) in [5, 5.41) is 0. The van der Waals surface area contributed by atoms with Gasteiger partial charge in [-0.15, -0.1) is 0 Å². The smallest absolute Gasteiger partial charge is 0.175 e. The van der Waals surface area contributed by atoms with Gasteiger partial charge in [0.25, 0.3) is 0 Å². The maximum Gasteiger partial charge on any atom is 0.175 e. The predicted molar refractivity (Wildman–Crippen MR) is 99.3 cm³/mol. The third-order valence-electron chi connectivity index (χ3n) is 3.93. The first kappa shape index (κ1) is 18.0. The molecule has 0 aliphatic rings. The van der Waals surface area contributed by atoms with E-state index in [0.717, 1.165) is 29.5 Å². The van der Waals surface area contributed by atoms with Crippen molar-refractivity contribution in [2.24, 2.45) is 0 Å². The summed E-state index contributed by atoms with van der Waals surface area (Å²) in [6.07, 6.45) is 2.96. The van der Waals surface area contributed by atoms with Crippen molar-refractivity contribution in [3.63, 3.8) is 0 Å². The molecule has 3 aromatic carbocycles. The molecule has 0 atom stereocenters. The number of hydrogen-bond acceptors (Lipinski definition) is 2. The molecule has 0 amide bonds. The molecule has 3 aromatic rings. The van der Waals surface area contributed by atoms with Gasteiger partial charge in [-0.25, -0.2) is 17.2 Å². The maximum absolute atomic E-state index is 13.7. The van der Waals surface area contributed by atoms with Gasteiger partial charge in [-0.2, -0.15) is 0 Å². The SMILES string of the molecule is CS(=O)(=O)c1ccc(/C=C(\c2ccccc2)c2ccc(F)c(F)c2)cc1. The van der Waals surface area contributed by atoms with Crippen LogP contribution >= 0.6 is 0 Å². The van der Waals surface area contributed by atoms with Crippen LogP contribution in [0.1, 0.15) is 16.7 Å². The Morgan fingerprint density at radius 2 is 1.46 bits per heavy atom. The van der Waals surface area contributed by atoms with Gasteiger partial charge in [0, 0.05) is 6.26 Å². The molecular weight excluding hydrogens is 354 g/mol. The van der Waals surface area contributed by atoms with Crippen LogP contribution in [0.15, 0.2) is 77.7 Å². The molecule has 0 heterocycles. The molecule has 0 spiro atoms. The van der Waals surface area contributed by atoms with E-state index in [9.17, 15) is 17.2 Å². The average molecular weight is 370 g/mol. The molecule has 5 heteroatoms. The van der Waals surface area contributed by atoms with Crippen LogP contribution in [-0.4, -0.2) is 14.7 Å². The molecule has 0 N–H and O–H groups in total. The Bertz CT molecular complexity index is 1050. The Balaban J connectivity index is 2.11. The maximum atomic E-state index is 13.7. The fourth-order valence-electron chi connectivity index (χ4n) is 2.59. The second kappa shape index (κ2) is 7.22. The lowest BCUT2D eigenvalue weighted by atomic mass is 9.95. The second-order valence-corrected chi connectivity index (χ2v) is 7.91. The van der Waals surface area contributed by atoms with Gasteiger partial charge in [0.2, 0.25) is 0 Å². The van der Waals surface area contributed by atoms with E-state index < -0.39 is 21.5 Å². The van der Waals surface area contributed by atoms with Crippen molar-refractivity contribution < 1.29 is 17.2 Å². The van der Waals surface area contributed by atoms with Gasteiger partial charge in [-0.05, 0) is 52.6 Å². The first-order valence-electron chi connectivity index (χ1n) is 7.87. The van der Waals surface area contributed by atoms with E-state index >= 15 is 0 Å². The van der Waals surface area contributed by atoms with E-state index in [1.54, 1.807) is 12.1 Å². The van der Waals surface area contributed by atoms with E-state index in [1.165, 1.54) is 18.2 Å². The summed E-state index contributed by atoms with van der Waals surface area (Å²) in [5.74, 6) is -1.82. The highest BCUT2D eigenvalue weighted by Crippen LogP contribution is 2.27. The van der Waals surface area contributed by atoms with Crippen molar-refractivity contribution >= 4 is 21.5 Å². The van der Waals surface area contributed by atoms with Gasteiger partial charge in [-0.1, -0.05) is 48.5 Å². The molecular formula is C21H16F2O2S. The van der Waals surface area contributed by atoms with Crippen LogP contribution < -0.4 is 0 Å². The van der Waals surface area contributed by atoms with Crippen molar-refractivity contribution in [2.45, 2.75) is 4.90 Å². The molecule has 0 saturated carbocycles. The largest absolute Gasteiger partial charge is 0.224 e. The van der Waals surface area contributed by atoms with Crippen LogP contribution in [0.5, 0.6) is 0 Å². The first-order valence-corrected chi connectivity index (χ1v) is 9.76. The molecule has 26 heavy (non-hydrogen) atoms. The minimum Gasteiger partial charge on any atom is -0.224 e. The lowest BCUT2D eigenvalue weighted by Gasteiger charge is -2.10. The number of rotatable bonds is 4. The van der Waals surface area contributed by atoms with E-state index in [0.29, 0.717) is 11.1 Å². The van der Waals surface area contributed by atoms with Crippen LogP contribution in [0.3, 0.4) is 0 Å².